The van der Waals surface area contributed by atoms with Crippen molar-refractivity contribution in [2.24, 2.45) is 5.92 Å². The number of hydrogen-bond acceptors (Lipinski definition) is 10. The number of fused-ring (bicyclic) bond motifs is 3. The number of benzene rings is 1. The molecule has 208 valence electrons. The van der Waals surface area contributed by atoms with Crippen molar-refractivity contribution in [2.45, 2.75) is 80.9 Å². The van der Waals surface area contributed by atoms with Gasteiger partial charge in [-0.15, -0.1) is 0 Å². The van der Waals surface area contributed by atoms with E-state index in [-0.39, 0.29) is 42.5 Å². The van der Waals surface area contributed by atoms with Gasteiger partial charge in [0.15, 0.2) is 12.6 Å². The fraction of sp³-hybridized carbons (Fsp3) is 0.769. The number of methoxy groups -OCH3 is 4. The van der Waals surface area contributed by atoms with Crippen LogP contribution in [0.15, 0.2) is 30.3 Å². The molecule has 4 aliphatic heterocycles. The molecule has 4 aliphatic rings. The van der Waals surface area contributed by atoms with Crippen molar-refractivity contribution in [3.63, 3.8) is 0 Å². The maximum atomic E-state index is 6.72. The van der Waals surface area contributed by atoms with Gasteiger partial charge in [0.2, 0.25) is 0 Å². The second-order valence-corrected chi connectivity index (χ2v) is 13.8. The van der Waals surface area contributed by atoms with Crippen LogP contribution in [-0.4, -0.2) is 105 Å². The molecule has 6 unspecified atom stereocenters. The molecule has 0 amide bonds. The molecule has 4 heterocycles. The van der Waals surface area contributed by atoms with Crippen LogP contribution in [0.4, 0.5) is 0 Å². The molecular formula is C26H40O10Si. The summed E-state index contributed by atoms with van der Waals surface area (Å²) in [6.45, 7) is 4.81. The van der Waals surface area contributed by atoms with Gasteiger partial charge in [0, 0.05) is 39.9 Å². The van der Waals surface area contributed by atoms with Gasteiger partial charge in [-0.2, -0.15) is 0 Å². The normalized spacial score (nSPS) is 43.9. The van der Waals surface area contributed by atoms with E-state index < -0.39 is 33.3 Å². The lowest BCUT2D eigenvalue weighted by Gasteiger charge is -2.51. The fourth-order valence-corrected chi connectivity index (χ4v) is 7.68. The molecule has 10 nitrogen and oxygen atoms in total. The Morgan fingerprint density at radius 3 is 2.14 bits per heavy atom. The van der Waals surface area contributed by atoms with Gasteiger partial charge < -0.3 is 46.7 Å². The smallest absolute Gasteiger partial charge is 0.332 e. The molecular weight excluding hydrogens is 500 g/mol. The van der Waals surface area contributed by atoms with Crippen LogP contribution in [0, 0.1) is 5.92 Å². The first-order valence-electron chi connectivity index (χ1n) is 12.9. The third kappa shape index (κ3) is 5.55. The zero-order valence-corrected chi connectivity index (χ0v) is 23.4. The predicted octanol–water partition coefficient (Wildman–Crippen LogP) is 2.41. The molecule has 4 saturated heterocycles. The molecule has 0 radical (unpaired) electrons. The molecule has 0 aromatic heterocycles. The summed E-state index contributed by atoms with van der Waals surface area (Å²) in [4.78, 5) is 0. The SMILES string of the molecule is COC1[C@@H](OC)OC2CO[Si](C)(C)OC3C(C[C@@H]2[C@@H]1OC)OC1COC(c2ccccc2)O[C@H]1[C@@H]3OC. The van der Waals surface area contributed by atoms with Crippen molar-refractivity contribution in [3.05, 3.63) is 35.9 Å². The molecule has 5 rings (SSSR count). The monoisotopic (exact) mass is 540 g/mol. The van der Waals surface area contributed by atoms with Crippen LogP contribution in [0.2, 0.25) is 13.1 Å². The molecule has 37 heavy (non-hydrogen) atoms. The summed E-state index contributed by atoms with van der Waals surface area (Å²) >= 11 is 0. The van der Waals surface area contributed by atoms with E-state index in [0.717, 1.165) is 5.56 Å². The third-order valence-electron chi connectivity index (χ3n) is 7.86. The van der Waals surface area contributed by atoms with E-state index in [2.05, 4.69) is 0 Å². The molecule has 0 N–H and O–H groups in total. The molecule has 0 bridgehead atoms. The van der Waals surface area contributed by atoms with Crippen molar-refractivity contribution in [1.29, 1.82) is 0 Å². The number of ether oxygens (including phenoxy) is 8. The summed E-state index contributed by atoms with van der Waals surface area (Å²) in [5.74, 6) is -0.0862. The lowest BCUT2D eigenvalue weighted by Crippen LogP contribution is -2.65. The molecule has 11 heteroatoms. The van der Waals surface area contributed by atoms with Gasteiger partial charge in [-0.3, -0.25) is 0 Å². The van der Waals surface area contributed by atoms with E-state index in [1.165, 1.54) is 0 Å². The van der Waals surface area contributed by atoms with E-state index in [9.17, 15) is 0 Å². The summed E-state index contributed by atoms with van der Waals surface area (Å²) in [6.07, 6.45) is -3.20. The quantitative estimate of drug-likeness (QED) is 0.519. The molecule has 0 spiro atoms. The summed E-state index contributed by atoms with van der Waals surface area (Å²) in [5, 5.41) is 0. The minimum absolute atomic E-state index is 0.0862. The molecule has 0 saturated carbocycles. The van der Waals surface area contributed by atoms with E-state index in [0.29, 0.717) is 19.6 Å². The Balaban J connectivity index is 1.44. The highest BCUT2D eigenvalue weighted by Crippen LogP contribution is 2.42. The van der Waals surface area contributed by atoms with E-state index in [4.69, 9.17) is 46.7 Å². The second kappa shape index (κ2) is 11.6. The first-order valence-corrected chi connectivity index (χ1v) is 15.8. The first-order chi connectivity index (χ1) is 17.9. The Morgan fingerprint density at radius 2 is 1.46 bits per heavy atom. The molecule has 1 aromatic carbocycles. The zero-order chi connectivity index (χ0) is 26.2. The maximum absolute atomic E-state index is 6.72. The average molecular weight is 541 g/mol. The lowest BCUT2D eigenvalue weighted by molar-refractivity contribution is -0.334. The Bertz CT molecular complexity index is 874. The second-order valence-electron chi connectivity index (χ2n) is 10.5. The number of rotatable bonds is 5. The fourth-order valence-electron chi connectivity index (χ4n) is 6.10. The van der Waals surface area contributed by atoms with Crippen molar-refractivity contribution >= 4 is 8.56 Å². The van der Waals surface area contributed by atoms with Gasteiger partial charge in [-0.1, -0.05) is 30.3 Å². The van der Waals surface area contributed by atoms with Crippen molar-refractivity contribution in [3.8, 4) is 0 Å². The van der Waals surface area contributed by atoms with Gasteiger partial charge in [-0.05, 0) is 19.5 Å². The Morgan fingerprint density at radius 1 is 0.730 bits per heavy atom. The van der Waals surface area contributed by atoms with Crippen molar-refractivity contribution < 1.29 is 46.7 Å². The highest BCUT2D eigenvalue weighted by molar-refractivity contribution is 6.64. The molecule has 4 fully saturated rings. The zero-order valence-electron chi connectivity index (χ0n) is 22.4. The highest BCUT2D eigenvalue weighted by Gasteiger charge is 2.56. The minimum atomic E-state index is -2.61. The van der Waals surface area contributed by atoms with Crippen LogP contribution in [0.25, 0.3) is 0 Å². The maximum Gasteiger partial charge on any atom is 0.332 e. The molecule has 11 atom stereocenters. The average Bonchev–Trinajstić information content (AvgIpc) is 2.96. The van der Waals surface area contributed by atoms with Crippen LogP contribution in [-0.2, 0) is 46.7 Å². The van der Waals surface area contributed by atoms with Gasteiger partial charge in [0.05, 0.1) is 31.5 Å². The minimum Gasteiger partial charge on any atom is -0.392 e. The van der Waals surface area contributed by atoms with Crippen LogP contribution >= 0.6 is 0 Å². The Hall–Kier alpha value is -0.963. The van der Waals surface area contributed by atoms with Gasteiger partial charge >= 0.3 is 8.56 Å². The molecule has 1 aromatic rings. The summed E-state index contributed by atoms with van der Waals surface area (Å²) in [6, 6.07) is 9.90. The van der Waals surface area contributed by atoms with Crippen LogP contribution in [0.5, 0.6) is 0 Å². The Kier molecular flexibility index (Phi) is 8.69. The summed E-state index contributed by atoms with van der Waals surface area (Å²) < 4.78 is 62.1. The van der Waals surface area contributed by atoms with Crippen molar-refractivity contribution in [2.75, 3.05) is 41.7 Å². The van der Waals surface area contributed by atoms with E-state index in [1.807, 2.05) is 43.4 Å². The summed E-state index contributed by atoms with van der Waals surface area (Å²) in [7, 11) is 4.02. The van der Waals surface area contributed by atoms with E-state index >= 15 is 0 Å². The molecule has 0 aliphatic carbocycles. The topological polar surface area (TPSA) is 92.3 Å². The number of hydrogen-bond donors (Lipinski definition) is 0. The van der Waals surface area contributed by atoms with Crippen molar-refractivity contribution in [1.82, 2.24) is 0 Å². The van der Waals surface area contributed by atoms with Gasteiger partial charge in [0.1, 0.15) is 30.5 Å². The summed E-state index contributed by atoms with van der Waals surface area (Å²) in [5.41, 5.74) is 0.954. The van der Waals surface area contributed by atoms with Crippen LogP contribution < -0.4 is 0 Å². The standard InChI is InChI=1S/C26H40O10Si/c1-27-20-16-12-17-22(36-37(5,6)32-14-18(16)34-26(30-4)24(20)29-3)23(28-2)21-19(33-17)13-31-25(35-21)15-10-8-7-9-11-15/h7-11,16-26H,12-14H2,1-6H3/t16-,17?,18?,19?,20-,21+,22?,23-,24?,25?,26-/m0/s1. The highest BCUT2D eigenvalue weighted by atomic mass is 28.4. The van der Waals surface area contributed by atoms with E-state index in [1.54, 1.807) is 28.4 Å². The lowest BCUT2D eigenvalue weighted by atomic mass is 9.81. The van der Waals surface area contributed by atoms with Gasteiger partial charge in [-0.25, -0.2) is 0 Å². The predicted molar refractivity (Wildman–Crippen MR) is 133 cm³/mol. The largest absolute Gasteiger partial charge is 0.392 e. The van der Waals surface area contributed by atoms with Crippen LogP contribution in [0.3, 0.4) is 0 Å². The first kappa shape index (κ1) is 27.6. The van der Waals surface area contributed by atoms with Crippen LogP contribution in [0.1, 0.15) is 18.3 Å². The third-order valence-corrected chi connectivity index (χ3v) is 9.56. The van der Waals surface area contributed by atoms with Gasteiger partial charge in [0.25, 0.3) is 0 Å². The Labute approximate surface area is 219 Å².